The third-order valence-electron chi connectivity index (χ3n) is 4.00. The number of hydrogen-bond donors (Lipinski definition) is 3. The van der Waals surface area contributed by atoms with Crippen molar-refractivity contribution in [1.82, 2.24) is 20.6 Å². The van der Waals surface area contributed by atoms with Crippen LogP contribution in [-0.4, -0.2) is 27.5 Å². The lowest BCUT2D eigenvalue weighted by Crippen LogP contribution is -2.40. The maximum Gasteiger partial charge on any atom is 0.433 e. The number of hydrazine groups is 1. The molecule has 2 aromatic rings. The van der Waals surface area contributed by atoms with E-state index in [-0.39, 0.29) is 16.3 Å². The molecule has 0 aliphatic carbocycles. The fraction of sp³-hybridized carbons (Fsp3) is 0.368. The summed E-state index contributed by atoms with van der Waals surface area (Å²) in [5, 5.41) is 6.43. The molecule has 3 N–H and O–H groups in total. The highest BCUT2D eigenvalue weighted by Gasteiger charge is 2.39. The Morgan fingerprint density at radius 1 is 1.03 bits per heavy atom. The van der Waals surface area contributed by atoms with Gasteiger partial charge in [0.05, 0.1) is 16.8 Å². The molecule has 8 nitrogen and oxygen atoms in total. The Labute approximate surface area is 181 Å². The maximum absolute atomic E-state index is 13.4. The van der Waals surface area contributed by atoms with Crippen molar-refractivity contribution in [2.24, 2.45) is 0 Å². The second kappa shape index (κ2) is 8.58. The Balaban J connectivity index is 2.46. The standard InChI is InChI=1S/C19H21ClF3N5O3/c1-9-6-11(20)7-12(16(30)26-25-10(2)29)15(9)24-17(31)13-8-14(19(21,22)23)28(27-13)18(3,4)5/h6-8H,1-5H3,(H,24,31)(H,25,29)(H,26,30). The van der Waals surface area contributed by atoms with E-state index in [0.29, 0.717) is 11.6 Å². The number of amides is 3. The van der Waals surface area contributed by atoms with Gasteiger partial charge < -0.3 is 5.32 Å². The molecule has 0 bridgehead atoms. The molecule has 31 heavy (non-hydrogen) atoms. The van der Waals surface area contributed by atoms with Gasteiger partial charge in [0.15, 0.2) is 5.69 Å². The molecule has 12 heteroatoms. The van der Waals surface area contributed by atoms with Crippen molar-refractivity contribution in [3.05, 3.63) is 45.7 Å². The maximum atomic E-state index is 13.4. The van der Waals surface area contributed by atoms with Crippen LogP contribution in [-0.2, 0) is 16.5 Å². The summed E-state index contributed by atoms with van der Waals surface area (Å²) in [4.78, 5) is 36.2. The van der Waals surface area contributed by atoms with Crippen molar-refractivity contribution in [2.45, 2.75) is 46.3 Å². The number of anilines is 1. The number of nitrogens with zero attached hydrogens (tertiary/aromatic N) is 2. The Morgan fingerprint density at radius 3 is 2.13 bits per heavy atom. The molecule has 0 spiro atoms. The fourth-order valence-electron chi connectivity index (χ4n) is 2.68. The first-order valence-electron chi connectivity index (χ1n) is 8.97. The quantitative estimate of drug-likeness (QED) is 0.609. The summed E-state index contributed by atoms with van der Waals surface area (Å²) in [6.45, 7) is 7.28. The predicted molar refractivity (Wildman–Crippen MR) is 108 cm³/mol. The van der Waals surface area contributed by atoms with E-state index in [0.717, 1.165) is 4.68 Å². The number of aromatic nitrogens is 2. The highest BCUT2D eigenvalue weighted by molar-refractivity contribution is 6.31. The molecular weight excluding hydrogens is 439 g/mol. The van der Waals surface area contributed by atoms with Gasteiger partial charge in [0.1, 0.15) is 5.69 Å². The summed E-state index contributed by atoms with van der Waals surface area (Å²) in [6.07, 6.45) is -4.72. The third kappa shape index (κ3) is 5.75. The first-order valence-corrected chi connectivity index (χ1v) is 9.35. The van der Waals surface area contributed by atoms with Gasteiger partial charge in [-0.3, -0.25) is 29.9 Å². The third-order valence-corrected chi connectivity index (χ3v) is 4.22. The number of nitrogens with one attached hydrogen (secondary N) is 3. The van der Waals surface area contributed by atoms with Crippen LogP contribution in [0.5, 0.6) is 0 Å². The summed E-state index contributed by atoms with van der Waals surface area (Å²) < 4.78 is 41.0. The zero-order valence-corrected chi connectivity index (χ0v) is 18.1. The summed E-state index contributed by atoms with van der Waals surface area (Å²) in [6, 6.07) is 3.35. The van der Waals surface area contributed by atoms with E-state index in [1.54, 1.807) is 6.92 Å². The minimum atomic E-state index is -4.72. The molecule has 0 radical (unpaired) electrons. The van der Waals surface area contributed by atoms with E-state index in [1.165, 1.54) is 39.8 Å². The molecule has 1 aromatic heterocycles. The number of hydrogen-bond acceptors (Lipinski definition) is 4. The highest BCUT2D eigenvalue weighted by atomic mass is 35.5. The summed E-state index contributed by atoms with van der Waals surface area (Å²) in [5.41, 5.74) is 1.93. The second-order valence-corrected chi connectivity index (χ2v) is 8.17. The summed E-state index contributed by atoms with van der Waals surface area (Å²) in [5.74, 6) is -2.27. The smallest absolute Gasteiger partial charge is 0.320 e. The molecule has 168 valence electrons. The summed E-state index contributed by atoms with van der Waals surface area (Å²) >= 11 is 5.99. The van der Waals surface area contributed by atoms with Crippen LogP contribution in [0.25, 0.3) is 0 Å². The van der Waals surface area contributed by atoms with Crippen molar-refractivity contribution in [1.29, 1.82) is 0 Å². The number of carbonyl (C=O) groups is 3. The molecule has 0 fully saturated rings. The molecule has 1 aromatic carbocycles. The molecule has 2 rings (SSSR count). The molecule has 0 saturated carbocycles. The fourth-order valence-corrected chi connectivity index (χ4v) is 2.96. The van der Waals surface area contributed by atoms with E-state index in [1.807, 2.05) is 0 Å². The zero-order valence-electron chi connectivity index (χ0n) is 17.4. The molecular formula is C19H21ClF3N5O3. The van der Waals surface area contributed by atoms with Crippen LogP contribution in [0.3, 0.4) is 0 Å². The van der Waals surface area contributed by atoms with Crippen LogP contribution in [0.4, 0.5) is 18.9 Å². The van der Waals surface area contributed by atoms with Gasteiger partial charge in [0.2, 0.25) is 5.91 Å². The monoisotopic (exact) mass is 459 g/mol. The van der Waals surface area contributed by atoms with E-state index >= 15 is 0 Å². The van der Waals surface area contributed by atoms with E-state index < -0.39 is 40.8 Å². The molecule has 0 saturated heterocycles. The van der Waals surface area contributed by atoms with E-state index in [4.69, 9.17) is 11.6 Å². The van der Waals surface area contributed by atoms with Crippen LogP contribution in [0.2, 0.25) is 5.02 Å². The lowest BCUT2D eigenvalue weighted by molar-refractivity contribution is -0.146. The van der Waals surface area contributed by atoms with Gasteiger partial charge >= 0.3 is 6.18 Å². The number of alkyl halides is 3. The Hall–Kier alpha value is -3.08. The zero-order chi connectivity index (χ0) is 23.7. The predicted octanol–water partition coefficient (Wildman–Crippen LogP) is 3.65. The van der Waals surface area contributed by atoms with Gasteiger partial charge in [-0.05, 0) is 45.4 Å². The molecule has 3 amide bonds. The van der Waals surface area contributed by atoms with Crippen molar-refractivity contribution in [3.8, 4) is 0 Å². The van der Waals surface area contributed by atoms with Crippen LogP contribution < -0.4 is 16.2 Å². The summed E-state index contributed by atoms with van der Waals surface area (Å²) in [7, 11) is 0. The van der Waals surface area contributed by atoms with E-state index in [9.17, 15) is 27.6 Å². The Bertz CT molecular complexity index is 1010. The first kappa shape index (κ1) is 24.2. The molecule has 0 unspecified atom stereocenters. The van der Waals surface area contributed by atoms with Crippen molar-refractivity contribution in [2.75, 3.05) is 5.32 Å². The Morgan fingerprint density at radius 2 is 1.65 bits per heavy atom. The molecule has 0 aliphatic heterocycles. The van der Waals surface area contributed by atoms with Crippen LogP contribution >= 0.6 is 11.6 Å². The minimum absolute atomic E-state index is 0.0103. The first-order chi connectivity index (χ1) is 14.1. The normalized spacial score (nSPS) is 11.8. The van der Waals surface area contributed by atoms with Crippen molar-refractivity contribution >= 4 is 35.0 Å². The van der Waals surface area contributed by atoms with Crippen LogP contribution in [0.15, 0.2) is 18.2 Å². The van der Waals surface area contributed by atoms with Crippen molar-refractivity contribution in [3.63, 3.8) is 0 Å². The number of carbonyl (C=O) groups excluding carboxylic acids is 3. The van der Waals surface area contributed by atoms with Gasteiger partial charge in [-0.2, -0.15) is 18.3 Å². The lowest BCUT2D eigenvalue weighted by atomic mass is 10.1. The van der Waals surface area contributed by atoms with Gasteiger partial charge in [-0.25, -0.2) is 0 Å². The lowest BCUT2D eigenvalue weighted by Gasteiger charge is -2.23. The van der Waals surface area contributed by atoms with Gasteiger partial charge in [0.25, 0.3) is 11.8 Å². The van der Waals surface area contributed by atoms with Crippen LogP contribution in [0.1, 0.15) is 59.8 Å². The van der Waals surface area contributed by atoms with Crippen LogP contribution in [0, 0.1) is 6.92 Å². The van der Waals surface area contributed by atoms with Gasteiger partial charge in [-0.1, -0.05) is 11.6 Å². The SMILES string of the molecule is CC(=O)NNC(=O)c1cc(Cl)cc(C)c1NC(=O)c1cc(C(F)(F)F)n(C(C)(C)C)n1. The average molecular weight is 460 g/mol. The largest absolute Gasteiger partial charge is 0.433 e. The average Bonchev–Trinajstić information content (AvgIpc) is 3.08. The number of benzene rings is 1. The molecule has 0 aliphatic rings. The second-order valence-electron chi connectivity index (χ2n) is 7.73. The minimum Gasteiger partial charge on any atom is -0.320 e. The number of rotatable bonds is 3. The number of aryl methyl sites for hydroxylation is 1. The highest BCUT2D eigenvalue weighted by Crippen LogP contribution is 2.33. The molecule has 1 heterocycles. The Kier molecular flexibility index (Phi) is 6.69. The molecule has 0 atom stereocenters. The van der Waals surface area contributed by atoms with Gasteiger partial charge in [0, 0.05) is 18.0 Å². The van der Waals surface area contributed by atoms with E-state index in [2.05, 4.69) is 21.3 Å². The van der Waals surface area contributed by atoms with Crippen molar-refractivity contribution < 1.29 is 27.6 Å². The topological polar surface area (TPSA) is 105 Å². The number of halogens is 4. The van der Waals surface area contributed by atoms with Gasteiger partial charge in [-0.15, -0.1) is 0 Å².